The largest absolute Gasteiger partial charge is 0.388 e. The molecule has 16 heavy (non-hydrogen) atoms. The minimum atomic E-state index is 0.379. The molecule has 92 valence electrons. The summed E-state index contributed by atoms with van der Waals surface area (Å²) < 4.78 is 0. The Kier molecular flexibility index (Phi) is 3.85. The predicted octanol–water partition coefficient (Wildman–Crippen LogP) is 2.36. The van der Waals surface area contributed by atoms with E-state index in [1.165, 1.54) is 64.6 Å². The summed E-state index contributed by atoms with van der Waals surface area (Å²) in [7, 11) is 0. The number of nitrogens with one attached hydrogen (secondary N) is 1. The van der Waals surface area contributed by atoms with Gasteiger partial charge >= 0.3 is 0 Å². The molecule has 2 fully saturated rings. The fourth-order valence-electron chi connectivity index (χ4n) is 2.92. The average molecular weight is 223 g/mol. The SMILES string of the molecule is N=C(N)CC1(CN2CCCCCCC2)CC1. The molecule has 0 aromatic rings. The van der Waals surface area contributed by atoms with Gasteiger partial charge in [-0.25, -0.2) is 0 Å². The molecule has 0 radical (unpaired) electrons. The zero-order valence-electron chi connectivity index (χ0n) is 10.3. The molecular formula is C13H25N3. The summed E-state index contributed by atoms with van der Waals surface area (Å²) in [5.74, 6) is 0.379. The van der Waals surface area contributed by atoms with Gasteiger partial charge in [0.2, 0.25) is 0 Å². The van der Waals surface area contributed by atoms with E-state index in [0.717, 1.165) is 6.42 Å². The number of nitrogens with zero attached hydrogens (tertiary/aromatic N) is 1. The number of amidine groups is 1. The van der Waals surface area contributed by atoms with Crippen LogP contribution < -0.4 is 5.73 Å². The second-order valence-corrected chi connectivity index (χ2v) is 5.75. The Bertz CT molecular complexity index is 238. The predicted molar refractivity (Wildman–Crippen MR) is 67.7 cm³/mol. The summed E-state index contributed by atoms with van der Waals surface area (Å²) in [5.41, 5.74) is 5.94. The molecule has 0 spiro atoms. The van der Waals surface area contributed by atoms with Crippen molar-refractivity contribution < 1.29 is 0 Å². The molecule has 1 saturated heterocycles. The lowest BCUT2D eigenvalue weighted by Gasteiger charge is -2.28. The molecule has 0 aromatic heterocycles. The van der Waals surface area contributed by atoms with Crippen molar-refractivity contribution >= 4 is 5.84 Å². The van der Waals surface area contributed by atoms with Crippen LogP contribution >= 0.6 is 0 Å². The molecule has 2 aliphatic rings. The van der Waals surface area contributed by atoms with Crippen LogP contribution in [-0.2, 0) is 0 Å². The first-order valence-corrected chi connectivity index (χ1v) is 6.76. The average Bonchev–Trinajstić information content (AvgIpc) is 2.89. The van der Waals surface area contributed by atoms with Gasteiger partial charge in [-0.05, 0) is 44.2 Å². The second-order valence-electron chi connectivity index (χ2n) is 5.75. The highest BCUT2D eigenvalue weighted by atomic mass is 15.1. The molecule has 0 aromatic carbocycles. The highest BCUT2D eigenvalue weighted by molar-refractivity contribution is 5.78. The van der Waals surface area contributed by atoms with E-state index in [0.29, 0.717) is 11.3 Å². The Labute approximate surface area is 98.9 Å². The summed E-state index contributed by atoms with van der Waals surface area (Å²) in [6.45, 7) is 3.71. The molecule has 0 bridgehead atoms. The maximum atomic E-state index is 7.44. The minimum absolute atomic E-state index is 0.379. The van der Waals surface area contributed by atoms with E-state index >= 15 is 0 Å². The van der Waals surface area contributed by atoms with Gasteiger partial charge in [0, 0.05) is 13.0 Å². The minimum Gasteiger partial charge on any atom is -0.388 e. The summed E-state index contributed by atoms with van der Waals surface area (Å²) in [6.07, 6.45) is 10.3. The van der Waals surface area contributed by atoms with Gasteiger partial charge in [0.05, 0.1) is 5.84 Å². The second kappa shape index (κ2) is 5.17. The van der Waals surface area contributed by atoms with Crippen molar-refractivity contribution in [2.24, 2.45) is 11.1 Å². The van der Waals surface area contributed by atoms with Crippen LogP contribution in [-0.4, -0.2) is 30.4 Å². The Morgan fingerprint density at radius 3 is 2.12 bits per heavy atom. The van der Waals surface area contributed by atoms with Gasteiger partial charge in [-0.3, -0.25) is 5.41 Å². The molecule has 1 saturated carbocycles. The van der Waals surface area contributed by atoms with E-state index < -0.39 is 0 Å². The quantitative estimate of drug-likeness (QED) is 0.568. The number of hydrogen-bond acceptors (Lipinski definition) is 2. The van der Waals surface area contributed by atoms with Crippen molar-refractivity contribution in [3.63, 3.8) is 0 Å². The van der Waals surface area contributed by atoms with Crippen molar-refractivity contribution in [3.05, 3.63) is 0 Å². The Morgan fingerprint density at radius 1 is 1.06 bits per heavy atom. The number of hydrogen-bond donors (Lipinski definition) is 2. The maximum Gasteiger partial charge on any atom is 0.0911 e. The fourth-order valence-corrected chi connectivity index (χ4v) is 2.92. The smallest absolute Gasteiger partial charge is 0.0911 e. The standard InChI is InChI=1S/C13H25N3/c14-12(15)10-13(6-7-13)11-16-8-4-2-1-3-5-9-16/h1-11H2,(H3,14,15). The lowest BCUT2D eigenvalue weighted by molar-refractivity contribution is 0.204. The first-order chi connectivity index (χ1) is 7.70. The van der Waals surface area contributed by atoms with E-state index in [1.807, 2.05) is 0 Å². The van der Waals surface area contributed by atoms with Crippen LogP contribution in [0, 0.1) is 10.8 Å². The van der Waals surface area contributed by atoms with E-state index in [2.05, 4.69) is 4.90 Å². The van der Waals surface area contributed by atoms with Crippen molar-refractivity contribution in [1.82, 2.24) is 4.90 Å². The van der Waals surface area contributed by atoms with Gasteiger partial charge in [-0.15, -0.1) is 0 Å². The van der Waals surface area contributed by atoms with Crippen LogP contribution in [0.2, 0.25) is 0 Å². The van der Waals surface area contributed by atoms with Crippen molar-refractivity contribution in [1.29, 1.82) is 5.41 Å². The Morgan fingerprint density at radius 2 is 1.62 bits per heavy atom. The highest BCUT2D eigenvalue weighted by Gasteiger charge is 2.43. The van der Waals surface area contributed by atoms with Gasteiger partial charge in [0.1, 0.15) is 0 Å². The summed E-state index contributed by atoms with van der Waals surface area (Å²) in [5, 5.41) is 7.44. The Balaban J connectivity index is 1.80. The van der Waals surface area contributed by atoms with Crippen LogP contribution in [0.3, 0.4) is 0 Å². The van der Waals surface area contributed by atoms with E-state index in [-0.39, 0.29) is 0 Å². The van der Waals surface area contributed by atoms with Gasteiger partial charge in [-0.1, -0.05) is 19.3 Å². The van der Waals surface area contributed by atoms with E-state index in [9.17, 15) is 0 Å². The van der Waals surface area contributed by atoms with E-state index in [1.54, 1.807) is 0 Å². The van der Waals surface area contributed by atoms with Gasteiger partial charge in [0.25, 0.3) is 0 Å². The third-order valence-corrected chi connectivity index (χ3v) is 4.03. The summed E-state index contributed by atoms with van der Waals surface area (Å²) in [6, 6.07) is 0. The number of nitrogens with two attached hydrogens (primary N) is 1. The summed E-state index contributed by atoms with van der Waals surface area (Å²) >= 11 is 0. The third kappa shape index (κ3) is 3.48. The van der Waals surface area contributed by atoms with Crippen LogP contribution in [0.25, 0.3) is 0 Å². The number of rotatable bonds is 4. The lowest BCUT2D eigenvalue weighted by Crippen LogP contribution is -2.34. The topological polar surface area (TPSA) is 53.1 Å². The lowest BCUT2D eigenvalue weighted by atomic mass is 9.99. The molecule has 1 aliphatic heterocycles. The molecule has 3 N–H and O–H groups in total. The summed E-state index contributed by atoms with van der Waals surface area (Å²) in [4.78, 5) is 2.62. The van der Waals surface area contributed by atoms with E-state index in [4.69, 9.17) is 11.1 Å². The first-order valence-electron chi connectivity index (χ1n) is 6.76. The molecule has 0 unspecified atom stereocenters. The van der Waals surface area contributed by atoms with Crippen LogP contribution in [0.1, 0.15) is 51.4 Å². The van der Waals surface area contributed by atoms with Crippen molar-refractivity contribution in [2.75, 3.05) is 19.6 Å². The number of likely N-dealkylation sites (tertiary alicyclic amines) is 1. The first kappa shape index (κ1) is 11.9. The maximum absolute atomic E-state index is 7.44. The van der Waals surface area contributed by atoms with Gasteiger partial charge in [0.15, 0.2) is 0 Å². The fraction of sp³-hybridized carbons (Fsp3) is 0.923. The van der Waals surface area contributed by atoms with Crippen LogP contribution in [0.4, 0.5) is 0 Å². The molecule has 3 nitrogen and oxygen atoms in total. The normalized spacial score (nSPS) is 25.8. The highest BCUT2D eigenvalue weighted by Crippen LogP contribution is 2.49. The zero-order chi connectivity index (χ0) is 11.4. The van der Waals surface area contributed by atoms with Crippen molar-refractivity contribution in [2.45, 2.75) is 51.4 Å². The molecular weight excluding hydrogens is 198 g/mol. The monoisotopic (exact) mass is 223 g/mol. The molecule has 0 amide bonds. The molecule has 1 aliphatic carbocycles. The molecule has 3 heteroatoms. The van der Waals surface area contributed by atoms with Gasteiger partial charge < -0.3 is 10.6 Å². The molecule has 2 rings (SSSR count). The van der Waals surface area contributed by atoms with Gasteiger partial charge in [-0.2, -0.15) is 0 Å². The van der Waals surface area contributed by atoms with Crippen molar-refractivity contribution in [3.8, 4) is 0 Å². The molecule has 0 atom stereocenters. The molecule has 1 heterocycles. The zero-order valence-corrected chi connectivity index (χ0v) is 10.3. The third-order valence-electron chi connectivity index (χ3n) is 4.03. The van der Waals surface area contributed by atoms with Crippen LogP contribution in [0.5, 0.6) is 0 Å². The van der Waals surface area contributed by atoms with Crippen LogP contribution in [0.15, 0.2) is 0 Å². The Hall–Kier alpha value is -0.570.